The summed E-state index contributed by atoms with van der Waals surface area (Å²) in [6.45, 7) is 2.69. The molecule has 7 nitrogen and oxygen atoms in total. The van der Waals surface area contributed by atoms with Gasteiger partial charge < -0.3 is 24.9 Å². The summed E-state index contributed by atoms with van der Waals surface area (Å²) < 4.78 is 43.2. The SMILES string of the molecule is COc1ccc2[nH]c(COc3ccc(Cl)cc3)nc2c1CCCC1CCCNC1.O=C(O)C(F)(F)F. The molecule has 1 aromatic heterocycles. The summed E-state index contributed by atoms with van der Waals surface area (Å²) in [6, 6.07) is 11.4. The van der Waals surface area contributed by atoms with Gasteiger partial charge in [-0.2, -0.15) is 13.2 Å². The molecule has 1 fully saturated rings. The van der Waals surface area contributed by atoms with E-state index in [1.54, 1.807) is 7.11 Å². The highest BCUT2D eigenvalue weighted by molar-refractivity contribution is 6.30. The number of methoxy groups -OCH3 is 1. The van der Waals surface area contributed by atoms with Gasteiger partial charge in [0, 0.05) is 10.6 Å². The lowest BCUT2D eigenvalue weighted by Crippen LogP contribution is -2.29. The second-order valence-corrected chi connectivity index (χ2v) is 8.91. The molecule has 196 valence electrons. The van der Waals surface area contributed by atoms with Crippen molar-refractivity contribution in [1.82, 2.24) is 15.3 Å². The molecule has 0 saturated carbocycles. The van der Waals surface area contributed by atoms with Crippen LogP contribution in [0.15, 0.2) is 36.4 Å². The van der Waals surface area contributed by atoms with E-state index < -0.39 is 12.1 Å². The summed E-state index contributed by atoms with van der Waals surface area (Å²) in [5.41, 5.74) is 3.19. The van der Waals surface area contributed by atoms with E-state index in [1.807, 2.05) is 36.4 Å². The number of fused-ring (bicyclic) bond motifs is 1. The molecule has 0 spiro atoms. The highest BCUT2D eigenvalue weighted by atomic mass is 35.5. The Labute approximate surface area is 212 Å². The Morgan fingerprint density at radius 2 is 1.94 bits per heavy atom. The van der Waals surface area contributed by atoms with Crippen LogP contribution in [0.2, 0.25) is 5.02 Å². The van der Waals surface area contributed by atoms with E-state index >= 15 is 0 Å². The lowest BCUT2D eigenvalue weighted by atomic mass is 9.92. The third-order valence-corrected chi connectivity index (χ3v) is 6.11. The molecule has 1 saturated heterocycles. The Bertz CT molecular complexity index is 1130. The minimum atomic E-state index is -5.08. The molecule has 0 amide bonds. The number of benzene rings is 2. The highest BCUT2D eigenvalue weighted by Gasteiger charge is 2.38. The minimum absolute atomic E-state index is 0.381. The predicted molar refractivity (Wildman–Crippen MR) is 131 cm³/mol. The fourth-order valence-corrected chi connectivity index (χ4v) is 4.21. The zero-order chi connectivity index (χ0) is 26.1. The number of ether oxygens (including phenoxy) is 2. The molecule has 1 unspecified atom stereocenters. The maximum absolute atomic E-state index is 10.6. The van der Waals surface area contributed by atoms with Crippen molar-refractivity contribution >= 4 is 28.6 Å². The van der Waals surface area contributed by atoms with Crippen molar-refractivity contribution in [3.63, 3.8) is 0 Å². The molecule has 4 rings (SSSR count). The number of aryl methyl sites for hydroxylation is 1. The molecule has 36 heavy (non-hydrogen) atoms. The van der Waals surface area contributed by atoms with Crippen LogP contribution < -0.4 is 14.8 Å². The summed E-state index contributed by atoms with van der Waals surface area (Å²) in [4.78, 5) is 17.1. The van der Waals surface area contributed by atoms with Gasteiger partial charge >= 0.3 is 12.1 Å². The van der Waals surface area contributed by atoms with E-state index in [0.717, 1.165) is 60.2 Å². The molecule has 3 N–H and O–H groups in total. The molecular weight excluding hydrogens is 499 g/mol. The number of hydrogen-bond donors (Lipinski definition) is 3. The number of H-pyrrole nitrogens is 1. The normalized spacial score (nSPS) is 15.8. The van der Waals surface area contributed by atoms with Crippen LogP contribution in [0.5, 0.6) is 11.5 Å². The van der Waals surface area contributed by atoms with Crippen LogP contribution in [0.3, 0.4) is 0 Å². The van der Waals surface area contributed by atoms with Crippen molar-refractivity contribution in [2.24, 2.45) is 5.92 Å². The van der Waals surface area contributed by atoms with Crippen LogP contribution in [0.25, 0.3) is 11.0 Å². The van der Waals surface area contributed by atoms with Crippen molar-refractivity contribution in [2.45, 2.75) is 44.9 Å². The third-order valence-electron chi connectivity index (χ3n) is 5.86. The molecule has 2 heterocycles. The van der Waals surface area contributed by atoms with Gasteiger partial charge in [0.15, 0.2) is 0 Å². The zero-order valence-electron chi connectivity index (χ0n) is 19.8. The molecule has 11 heteroatoms. The number of piperidine rings is 1. The van der Waals surface area contributed by atoms with Crippen molar-refractivity contribution in [3.05, 3.63) is 52.8 Å². The van der Waals surface area contributed by atoms with Gasteiger partial charge in [-0.1, -0.05) is 11.6 Å². The summed E-state index contributed by atoms with van der Waals surface area (Å²) in [5, 5.41) is 11.3. The summed E-state index contributed by atoms with van der Waals surface area (Å²) in [5.74, 6) is 0.523. The van der Waals surface area contributed by atoms with E-state index in [1.165, 1.54) is 24.8 Å². The van der Waals surface area contributed by atoms with E-state index in [4.69, 9.17) is 36.0 Å². The molecule has 0 bridgehead atoms. The van der Waals surface area contributed by atoms with E-state index in [9.17, 15) is 13.2 Å². The molecule has 2 aromatic carbocycles. The van der Waals surface area contributed by atoms with Crippen molar-refractivity contribution in [1.29, 1.82) is 0 Å². The minimum Gasteiger partial charge on any atom is -0.496 e. The molecular formula is C25H29ClF3N3O4. The second-order valence-electron chi connectivity index (χ2n) is 8.48. The Morgan fingerprint density at radius 1 is 1.22 bits per heavy atom. The van der Waals surface area contributed by atoms with Gasteiger partial charge in [-0.05, 0) is 87.5 Å². The quantitative estimate of drug-likeness (QED) is 0.345. The van der Waals surface area contributed by atoms with Crippen molar-refractivity contribution < 1.29 is 32.5 Å². The van der Waals surface area contributed by atoms with Gasteiger partial charge in [0.1, 0.15) is 23.9 Å². The highest BCUT2D eigenvalue weighted by Crippen LogP contribution is 2.29. The van der Waals surface area contributed by atoms with E-state index in [2.05, 4.69) is 10.3 Å². The van der Waals surface area contributed by atoms with Crippen LogP contribution in [-0.4, -0.2) is 47.4 Å². The first kappa shape index (κ1) is 27.6. The number of aliphatic carboxylic acids is 1. The smallest absolute Gasteiger partial charge is 0.490 e. The number of aromatic amines is 1. The first-order valence-electron chi connectivity index (χ1n) is 11.6. The summed E-state index contributed by atoms with van der Waals surface area (Å²) in [7, 11) is 1.73. The van der Waals surface area contributed by atoms with E-state index in [-0.39, 0.29) is 0 Å². The van der Waals surface area contributed by atoms with Gasteiger partial charge in [0.25, 0.3) is 0 Å². The lowest BCUT2D eigenvalue weighted by Gasteiger charge is -2.22. The number of carbonyl (C=O) groups is 1. The van der Waals surface area contributed by atoms with Gasteiger partial charge in [-0.15, -0.1) is 0 Å². The number of aromatic nitrogens is 2. The monoisotopic (exact) mass is 527 g/mol. The Kier molecular flexibility index (Phi) is 9.83. The Morgan fingerprint density at radius 3 is 2.56 bits per heavy atom. The molecule has 1 aliphatic rings. The Hall–Kier alpha value is -2.98. The zero-order valence-corrected chi connectivity index (χ0v) is 20.6. The summed E-state index contributed by atoms with van der Waals surface area (Å²) in [6.07, 6.45) is 0.900. The molecule has 0 aliphatic carbocycles. The standard InChI is InChI=1S/C23H28ClN3O2.C2HF3O2/c1-28-21-12-11-20-23(19(21)6-2-4-16-5-3-13-25-14-16)27-22(26-20)15-29-18-9-7-17(24)8-10-18;3-2(4,5)1(6)7/h7-12,16,25H,2-6,13-15H2,1H3,(H,26,27);(H,6,7). The number of hydrogen-bond acceptors (Lipinski definition) is 5. The molecule has 1 aliphatic heterocycles. The number of nitrogens with one attached hydrogen (secondary N) is 2. The fourth-order valence-electron chi connectivity index (χ4n) is 4.09. The number of imidazole rings is 1. The number of nitrogens with zero attached hydrogens (tertiary/aromatic N) is 1. The fraction of sp³-hybridized carbons (Fsp3) is 0.440. The van der Waals surface area contributed by atoms with Crippen LogP contribution in [0.4, 0.5) is 13.2 Å². The largest absolute Gasteiger partial charge is 0.496 e. The van der Waals surface area contributed by atoms with Gasteiger partial charge in [0.2, 0.25) is 0 Å². The third kappa shape index (κ3) is 8.03. The van der Waals surface area contributed by atoms with Gasteiger partial charge in [0.05, 0.1) is 18.1 Å². The topological polar surface area (TPSA) is 96.5 Å². The molecule has 3 aromatic rings. The average Bonchev–Trinajstić information content (AvgIpc) is 3.28. The summed E-state index contributed by atoms with van der Waals surface area (Å²) >= 11 is 5.93. The van der Waals surface area contributed by atoms with E-state index in [0.29, 0.717) is 11.6 Å². The number of rotatable bonds is 8. The average molecular weight is 528 g/mol. The number of alkyl halides is 3. The molecule has 0 radical (unpaired) electrons. The first-order chi connectivity index (χ1) is 17.2. The molecule has 1 atom stereocenters. The van der Waals surface area contributed by atoms with Crippen LogP contribution in [-0.2, 0) is 17.8 Å². The first-order valence-corrected chi connectivity index (χ1v) is 12.0. The lowest BCUT2D eigenvalue weighted by molar-refractivity contribution is -0.192. The van der Waals surface area contributed by atoms with Gasteiger partial charge in [-0.3, -0.25) is 0 Å². The van der Waals surface area contributed by atoms with Crippen molar-refractivity contribution in [3.8, 4) is 11.5 Å². The van der Waals surface area contributed by atoms with Gasteiger partial charge in [-0.25, -0.2) is 9.78 Å². The van der Waals surface area contributed by atoms with Crippen LogP contribution >= 0.6 is 11.6 Å². The maximum atomic E-state index is 10.6. The van der Waals surface area contributed by atoms with Crippen LogP contribution in [0, 0.1) is 5.92 Å². The van der Waals surface area contributed by atoms with Crippen molar-refractivity contribution in [2.75, 3.05) is 20.2 Å². The maximum Gasteiger partial charge on any atom is 0.490 e. The van der Waals surface area contributed by atoms with Crippen LogP contribution in [0.1, 0.15) is 37.1 Å². The second kappa shape index (κ2) is 12.8. The Balaban J connectivity index is 0.000000454. The number of carboxylic acids is 1. The predicted octanol–water partition coefficient (Wildman–Crippen LogP) is 5.76. The number of carboxylic acid groups (broad SMARTS) is 1. The number of halogens is 4.